The van der Waals surface area contributed by atoms with Gasteiger partial charge in [-0.3, -0.25) is 4.79 Å². The number of hydrogen-bond donors (Lipinski definition) is 2. The van der Waals surface area contributed by atoms with Crippen LogP contribution in [0.5, 0.6) is 5.75 Å². The summed E-state index contributed by atoms with van der Waals surface area (Å²) in [4.78, 5) is 12.8. The fraction of sp³-hybridized carbons (Fsp3) is 0.615. The Morgan fingerprint density at radius 1 is 1.55 bits per heavy atom. The molecule has 20 heavy (non-hydrogen) atoms. The van der Waals surface area contributed by atoms with Crippen molar-refractivity contribution < 1.29 is 14.3 Å². The van der Waals surface area contributed by atoms with Crippen LogP contribution >= 0.6 is 23.7 Å². The Kier molecular flexibility index (Phi) is 6.75. The second-order valence-electron chi connectivity index (χ2n) is 4.74. The summed E-state index contributed by atoms with van der Waals surface area (Å²) in [7, 11) is 3.26. The maximum Gasteiger partial charge on any atom is 0.265 e. The zero-order valence-electron chi connectivity index (χ0n) is 11.7. The van der Waals surface area contributed by atoms with Gasteiger partial charge in [0.25, 0.3) is 5.91 Å². The zero-order valence-corrected chi connectivity index (χ0v) is 13.4. The first kappa shape index (κ1) is 17.2. The van der Waals surface area contributed by atoms with E-state index in [2.05, 4.69) is 10.6 Å². The van der Waals surface area contributed by atoms with Gasteiger partial charge in [-0.2, -0.15) is 0 Å². The number of thiophene rings is 1. The SMILES string of the molecule is COCC1(CNC(=O)c2sccc2OC)CCCN1.Cl. The third-order valence-corrected chi connectivity index (χ3v) is 4.29. The molecule has 1 atom stereocenters. The van der Waals surface area contributed by atoms with Crippen LogP contribution in [0, 0.1) is 0 Å². The Hall–Kier alpha value is -0.820. The monoisotopic (exact) mass is 320 g/mol. The number of amides is 1. The van der Waals surface area contributed by atoms with Gasteiger partial charge in [-0.15, -0.1) is 23.7 Å². The first-order valence-corrected chi connectivity index (χ1v) is 7.22. The zero-order chi connectivity index (χ0) is 13.7. The summed E-state index contributed by atoms with van der Waals surface area (Å²) in [6, 6.07) is 1.80. The third-order valence-electron chi connectivity index (χ3n) is 3.40. The molecule has 0 spiro atoms. The lowest BCUT2D eigenvalue weighted by molar-refractivity contribution is 0.0893. The van der Waals surface area contributed by atoms with Gasteiger partial charge in [-0.25, -0.2) is 0 Å². The smallest absolute Gasteiger partial charge is 0.265 e. The number of nitrogens with one attached hydrogen (secondary N) is 2. The highest BCUT2D eigenvalue weighted by atomic mass is 35.5. The van der Waals surface area contributed by atoms with Crippen molar-refractivity contribution in [3.05, 3.63) is 16.3 Å². The topological polar surface area (TPSA) is 59.6 Å². The lowest BCUT2D eigenvalue weighted by Crippen LogP contribution is -2.52. The maximum atomic E-state index is 12.1. The molecule has 2 heterocycles. The van der Waals surface area contributed by atoms with E-state index < -0.39 is 0 Å². The summed E-state index contributed by atoms with van der Waals surface area (Å²) in [5.41, 5.74) is -0.130. The number of carbonyl (C=O) groups excluding carboxylic acids is 1. The van der Waals surface area contributed by atoms with Crippen molar-refractivity contribution in [2.45, 2.75) is 18.4 Å². The lowest BCUT2D eigenvalue weighted by atomic mass is 9.98. The molecule has 0 radical (unpaired) electrons. The van der Waals surface area contributed by atoms with Crippen LogP contribution in [0.4, 0.5) is 0 Å². The fourth-order valence-electron chi connectivity index (χ4n) is 2.42. The molecule has 5 nitrogen and oxygen atoms in total. The molecule has 1 fully saturated rings. The summed E-state index contributed by atoms with van der Waals surface area (Å²) in [5.74, 6) is 0.540. The average molecular weight is 321 g/mol. The number of carbonyl (C=O) groups is 1. The van der Waals surface area contributed by atoms with Gasteiger partial charge in [-0.05, 0) is 30.8 Å². The van der Waals surface area contributed by atoms with Crippen LogP contribution in [-0.4, -0.2) is 45.4 Å². The molecule has 2 N–H and O–H groups in total. The molecule has 1 saturated heterocycles. The Morgan fingerprint density at radius 3 is 2.95 bits per heavy atom. The summed E-state index contributed by atoms with van der Waals surface area (Å²) in [6.45, 7) is 2.15. The van der Waals surface area contributed by atoms with E-state index in [1.807, 2.05) is 5.38 Å². The molecule has 0 bridgehead atoms. The van der Waals surface area contributed by atoms with Crippen molar-refractivity contribution in [2.24, 2.45) is 0 Å². The van der Waals surface area contributed by atoms with Crippen LogP contribution in [0.1, 0.15) is 22.5 Å². The molecule has 0 aliphatic carbocycles. The molecule has 114 valence electrons. The number of hydrogen-bond acceptors (Lipinski definition) is 5. The number of ether oxygens (including phenoxy) is 2. The van der Waals surface area contributed by atoms with E-state index in [1.165, 1.54) is 11.3 Å². The summed E-state index contributed by atoms with van der Waals surface area (Å²) < 4.78 is 10.4. The number of rotatable bonds is 6. The Morgan fingerprint density at radius 2 is 2.35 bits per heavy atom. The van der Waals surface area contributed by atoms with E-state index in [9.17, 15) is 4.79 Å². The molecule has 7 heteroatoms. The second kappa shape index (κ2) is 7.83. The highest BCUT2D eigenvalue weighted by Crippen LogP contribution is 2.25. The molecule has 0 saturated carbocycles. The number of methoxy groups -OCH3 is 2. The quantitative estimate of drug-likeness (QED) is 0.837. The summed E-state index contributed by atoms with van der Waals surface area (Å²) >= 11 is 1.39. The summed E-state index contributed by atoms with van der Waals surface area (Å²) in [6.07, 6.45) is 2.13. The number of halogens is 1. The van der Waals surface area contributed by atoms with Gasteiger partial charge in [0, 0.05) is 13.7 Å². The third kappa shape index (κ3) is 3.85. The molecule has 1 aliphatic heterocycles. The van der Waals surface area contributed by atoms with Crippen LogP contribution in [0.25, 0.3) is 0 Å². The molecule has 1 aliphatic rings. The van der Waals surface area contributed by atoms with Crippen molar-refractivity contribution in [3.63, 3.8) is 0 Å². The van der Waals surface area contributed by atoms with Gasteiger partial charge in [0.15, 0.2) is 0 Å². The minimum atomic E-state index is -0.130. The molecule has 1 amide bonds. The molecular weight excluding hydrogens is 300 g/mol. The molecular formula is C13H21ClN2O3S. The van der Waals surface area contributed by atoms with Gasteiger partial charge >= 0.3 is 0 Å². The van der Waals surface area contributed by atoms with Gasteiger partial charge in [0.1, 0.15) is 10.6 Å². The van der Waals surface area contributed by atoms with Crippen molar-refractivity contribution in [3.8, 4) is 5.75 Å². The minimum absolute atomic E-state index is 0. The van der Waals surface area contributed by atoms with Crippen LogP contribution in [0.2, 0.25) is 0 Å². The van der Waals surface area contributed by atoms with Gasteiger partial charge in [-0.1, -0.05) is 0 Å². The molecule has 1 unspecified atom stereocenters. The minimum Gasteiger partial charge on any atom is -0.495 e. The van der Waals surface area contributed by atoms with Gasteiger partial charge < -0.3 is 20.1 Å². The van der Waals surface area contributed by atoms with Crippen LogP contribution in [-0.2, 0) is 4.74 Å². The molecule has 2 rings (SSSR count). The second-order valence-corrected chi connectivity index (χ2v) is 5.66. The first-order chi connectivity index (χ1) is 9.21. The largest absolute Gasteiger partial charge is 0.495 e. The standard InChI is InChI=1S/C13H20N2O3S.ClH/c1-17-9-13(5-3-6-15-13)8-14-12(16)11-10(18-2)4-7-19-11;/h4,7,15H,3,5-6,8-9H2,1-2H3,(H,14,16);1H. The van der Waals surface area contributed by atoms with Crippen molar-refractivity contribution >= 4 is 29.7 Å². The Bertz CT molecular complexity index is 433. The highest BCUT2D eigenvalue weighted by molar-refractivity contribution is 7.12. The maximum absolute atomic E-state index is 12.1. The first-order valence-electron chi connectivity index (χ1n) is 6.34. The van der Waals surface area contributed by atoms with E-state index >= 15 is 0 Å². The highest BCUT2D eigenvalue weighted by Gasteiger charge is 2.34. The predicted molar refractivity (Wildman–Crippen MR) is 82.3 cm³/mol. The van der Waals surface area contributed by atoms with Crippen LogP contribution in [0.3, 0.4) is 0 Å². The van der Waals surface area contributed by atoms with Crippen LogP contribution < -0.4 is 15.4 Å². The van der Waals surface area contributed by atoms with Crippen molar-refractivity contribution in [2.75, 3.05) is 33.9 Å². The Labute approximate surface area is 129 Å². The fourth-order valence-corrected chi connectivity index (χ4v) is 3.20. The van der Waals surface area contributed by atoms with E-state index in [1.54, 1.807) is 20.3 Å². The Balaban J connectivity index is 0.00000200. The van der Waals surface area contributed by atoms with E-state index in [0.717, 1.165) is 19.4 Å². The van der Waals surface area contributed by atoms with Gasteiger partial charge in [0.05, 0.1) is 19.3 Å². The van der Waals surface area contributed by atoms with Crippen molar-refractivity contribution in [1.29, 1.82) is 0 Å². The van der Waals surface area contributed by atoms with Crippen LogP contribution in [0.15, 0.2) is 11.4 Å². The molecule has 1 aromatic rings. The molecule has 1 aromatic heterocycles. The van der Waals surface area contributed by atoms with E-state index in [4.69, 9.17) is 9.47 Å². The molecule has 0 aromatic carbocycles. The predicted octanol–water partition coefficient (Wildman–Crippen LogP) is 1.68. The van der Waals surface area contributed by atoms with Crippen molar-refractivity contribution in [1.82, 2.24) is 10.6 Å². The lowest BCUT2D eigenvalue weighted by Gasteiger charge is -2.28. The summed E-state index contributed by atoms with van der Waals surface area (Å²) in [5, 5.41) is 8.26. The van der Waals surface area contributed by atoms with E-state index in [0.29, 0.717) is 23.8 Å². The normalized spacial score (nSPS) is 21.3. The van der Waals surface area contributed by atoms with Gasteiger partial charge in [0.2, 0.25) is 0 Å². The van der Waals surface area contributed by atoms with E-state index in [-0.39, 0.29) is 23.9 Å². The average Bonchev–Trinajstić information content (AvgIpc) is 3.05.